The van der Waals surface area contributed by atoms with Gasteiger partial charge in [0.1, 0.15) is 19.0 Å². The Hall–Kier alpha value is -3.74. The lowest BCUT2D eigenvalue weighted by atomic mass is 9.46. The van der Waals surface area contributed by atoms with Crippen molar-refractivity contribution in [1.29, 1.82) is 0 Å². The number of allylic oxidation sites excluding steroid dienone is 2. The number of rotatable bonds is 13. The molecule has 3 fully saturated rings. The molecule has 7 heteroatoms. The fourth-order valence-corrected chi connectivity index (χ4v) is 11.4. The van der Waals surface area contributed by atoms with Crippen LogP contribution in [-0.4, -0.2) is 30.3 Å². The van der Waals surface area contributed by atoms with Gasteiger partial charge in [-0.25, -0.2) is 9.59 Å². The number of carboxylic acids is 1. The molecule has 2 aromatic carbocycles. The molecule has 4 aliphatic rings. The normalized spacial score (nSPS) is 30.3. The third-order valence-corrected chi connectivity index (χ3v) is 14.0. The van der Waals surface area contributed by atoms with Gasteiger partial charge in [0.05, 0.1) is 5.56 Å². The van der Waals surface area contributed by atoms with Gasteiger partial charge in [-0.05, 0) is 151 Å². The molecule has 7 nitrogen and oxygen atoms in total. The van der Waals surface area contributed by atoms with Gasteiger partial charge in [-0.2, -0.15) is 0 Å². The van der Waals surface area contributed by atoms with Crippen LogP contribution >= 0.6 is 0 Å². The number of carbonyl (C=O) groups is 2. The summed E-state index contributed by atoms with van der Waals surface area (Å²) < 4.78 is 11.8. The van der Waals surface area contributed by atoms with Crippen molar-refractivity contribution in [3.05, 3.63) is 70.8 Å². The summed E-state index contributed by atoms with van der Waals surface area (Å²) in [7, 11) is 0. The first-order chi connectivity index (χ1) is 24.8. The molecule has 4 unspecified atom stereocenters. The summed E-state index contributed by atoms with van der Waals surface area (Å²) in [6.45, 7) is 12.8. The van der Waals surface area contributed by atoms with Crippen LogP contribution in [0, 0.1) is 46.3 Å². The Balaban J connectivity index is 1.15. The first kappa shape index (κ1) is 38.0. The highest BCUT2D eigenvalue weighted by molar-refractivity contribution is 5.91. The Labute approximate surface area is 311 Å². The average molecular weight is 711 g/mol. The van der Waals surface area contributed by atoms with Crippen LogP contribution in [0.25, 0.3) is 6.08 Å². The molecular formula is C45H62N2O5. The van der Waals surface area contributed by atoms with Crippen molar-refractivity contribution in [3.8, 4) is 5.75 Å². The van der Waals surface area contributed by atoms with Crippen molar-refractivity contribution >= 4 is 29.4 Å². The summed E-state index contributed by atoms with van der Waals surface area (Å²) in [5, 5.41) is 9.29. The minimum Gasteiger partial charge on any atom is -0.490 e. The lowest BCUT2D eigenvalue weighted by Gasteiger charge is -2.58. The molecule has 0 aromatic heterocycles. The maximum Gasteiger partial charge on any atom is 0.338 e. The predicted molar refractivity (Wildman–Crippen MR) is 210 cm³/mol. The SMILES string of the molecule is CC(C)CCC[C@@H](C)[C@H]1CCC2C3CC=C4CC(c5cc(C=CC(=O)O)ccc5OCCOC(=O)c5cc(N)cc(N)c5)CC[C@]4(C)C3CC[C@@]21C. The molecular weight excluding hydrogens is 649 g/mol. The maximum atomic E-state index is 12.6. The van der Waals surface area contributed by atoms with Crippen LogP contribution in [0.5, 0.6) is 5.75 Å². The number of anilines is 2. The second-order valence-electron chi connectivity index (χ2n) is 17.6. The Morgan fingerprint density at radius 2 is 1.71 bits per heavy atom. The van der Waals surface area contributed by atoms with Crippen LogP contribution in [0.15, 0.2) is 54.1 Å². The van der Waals surface area contributed by atoms with Crippen LogP contribution in [0.1, 0.15) is 133 Å². The van der Waals surface area contributed by atoms with Crippen molar-refractivity contribution in [2.24, 2.45) is 46.3 Å². The molecule has 5 N–H and O–H groups in total. The van der Waals surface area contributed by atoms with E-state index in [9.17, 15) is 14.7 Å². The zero-order chi connectivity index (χ0) is 37.2. The molecule has 0 radical (unpaired) electrons. The Morgan fingerprint density at radius 1 is 0.942 bits per heavy atom. The van der Waals surface area contributed by atoms with E-state index in [4.69, 9.17) is 20.9 Å². The smallest absolute Gasteiger partial charge is 0.338 e. The van der Waals surface area contributed by atoms with Crippen molar-refractivity contribution in [1.82, 2.24) is 0 Å². The summed E-state index contributed by atoms with van der Waals surface area (Å²) in [5.74, 6) is 4.38. The van der Waals surface area contributed by atoms with Crippen molar-refractivity contribution in [3.63, 3.8) is 0 Å². The summed E-state index contributed by atoms with van der Waals surface area (Å²) in [6.07, 6.45) is 19.5. The number of nitrogen functional groups attached to an aromatic ring is 2. The monoisotopic (exact) mass is 710 g/mol. The molecule has 6 rings (SSSR count). The molecule has 0 amide bonds. The summed E-state index contributed by atoms with van der Waals surface area (Å²) in [6, 6.07) is 10.6. The number of fused-ring (bicyclic) bond motifs is 5. The average Bonchev–Trinajstić information content (AvgIpc) is 3.45. The highest BCUT2D eigenvalue weighted by Gasteiger charge is 2.59. The first-order valence-electron chi connectivity index (χ1n) is 20.0. The second kappa shape index (κ2) is 15.7. The van der Waals surface area contributed by atoms with Crippen molar-refractivity contribution in [2.75, 3.05) is 24.7 Å². The number of carbonyl (C=O) groups excluding carboxylic acids is 1. The van der Waals surface area contributed by atoms with E-state index >= 15 is 0 Å². The Morgan fingerprint density at radius 3 is 2.44 bits per heavy atom. The molecule has 0 spiro atoms. The number of nitrogens with two attached hydrogens (primary N) is 2. The van der Waals surface area contributed by atoms with E-state index in [2.05, 4.69) is 46.8 Å². The number of ether oxygens (including phenoxy) is 2. The molecule has 3 saturated carbocycles. The van der Waals surface area contributed by atoms with Crippen molar-refractivity contribution in [2.45, 2.75) is 111 Å². The summed E-state index contributed by atoms with van der Waals surface area (Å²) in [4.78, 5) is 24.0. The van der Waals surface area contributed by atoms with E-state index in [0.29, 0.717) is 22.4 Å². The van der Waals surface area contributed by atoms with E-state index in [-0.39, 0.29) is 24.5 Å². The molecule has 52 heavy (non-hydrogen) atoms. The first-order valence-corrected chi connectivity index (χ1v) is 20.0. The molecule has 0 saturated heterocycles. The van der Waals surface area contributed by atoms with Gasteiger partial charge >= 0.3 is 11.9 Å². The van der Waals surface area contributed by atoms with Crippen LogP contribution < -0.4 is 16.2 Å². The van der Waals surface area contributed by atoms with E-state index in [1.54, 1.807) is 29.8 Å². The zero-order valence-corrected chi connectivity index (χ0v) is 32.2. The fraction of sp³-hybridized carbons (Fsp3) is 0.600. The lowest BCUT2D eigenvalue weighted by Crippen LogP contribution is -2.50. The van der Waals surface area contributed by atoms with Crippen LogP contribution in [0.2, 0.25) is 0 Å². The number of aliphatic carboxylic acids is 1. The topological polar surface area (TPSA) is 125 Å². The molecule has 0 bridgehead atoms. The number of hydrogen-bond donors (Lipinski definition) is 3. The van der Waals surface area contributed by atoms with Gasteiger partial charge in [0.15, 0.2) is 0 Å². The van der Waals surface area contributed by atoms with E-state index in [1.165, 1.54) is 57.4 Å². The highest BCUT2D eigenvalue weighted by atomic mass is 16.6. The minimum absolute atomic E-state index is 0.0717. The fourth-order valence-electron chi connectivity index (χ4n) is 11.4. The highest BCUT2D eigenvalue weighted by Crippen LogP contribution is 2.68. The van der Waals surface area contributed by atoms with Crippen LogP contribution in [0.4, 0.5) is 11.4 Å². The summed E-state index contributed by atoms with van der Waals surface area (Å²) >= 11 is 0. The van der Waals surface area contributed by atoms with Gasteiger partial charge in [-0.1, -0.05) is 71.6 Å². The van der Waals surface area contributed by atoms with E-state index in [1.807, 2.05) is 12.1 Å². The van der Waals surface area contributed by atoms with Gasteiger partial charge in [-0.3, -0.25) is 0 Å². The third kappa shape index (κ3) is 7.94. The van der Waals surface area contributed by atoms with Gasteiger partial charge in [0, 0.05) is 17.5 Å². The zero-order valence-electron chi connectivity index (χ0n) is 32.2. The number of carboxylic acid groups (broad SMARTS) is 1. The molecule has 2 aromatic rings. The largest absolute Gasteiger partial charge is 0.490 e. The van der Waals surface area contributed by atoms with Gasteiger partial charge < -0.3 is 26.0 Å². The lowest BCUT2D eigenvalue weighted by molar-refractivity contribution is -0.131. The van der Waals surface area contributed by atoms with Gasteiger partial charge in [-0.15, -0.1) is 0 Å². The standard InChI is InChI=1S/C45H62N2O5/c1-28(2)7-6-8-29(3)38-13-14-39-36-12-11-33-24-31(17-19-44(33,4)40(36)18-20-45(38,39)5)37-23-30(10-16-42(48)49)9-15-41(37)51-21-22-52-43(50)32-25-34(46)27-35(47)26-32/h9-11,15-16,23,25-29,31,36,38-40H,6-8,12-14,17-22,24,46-47H2,1-5H3,(H,48,49)/t29-,31?,36?,38-,39?,40?,44+,45-/m1/s1. The van der Waals surface area contributed by atoms with Gasteiger partial charge in [0.25, 0.3) is 0 Å². The summed E-state index contributed by atoms with van der Waals surface area (Å²) in [5.41, 5.74) is 17.1. The van der Waals surface area contributed by atoms with Crippen LogP contribution in [0.3, 0.4) is 0 Å². The van der Waals surface area contributed by atoms with E-state index < -0.39 is 11.9 Å². The molecule has 282 valence electrons. The molecule has 0 heterocycles. The van der Waals surface area contributed by atoms with Crippen LogP contribution in [-0.2, 0) is 9.53 Å². The second-order valence-corrected chi connectivity index (χ2v) is 17.6. The molecule has 0 aliphatic heterocycles. The molecule has 4 aliphatic carbocycles. The van der Waals surface area contributed by atoms with Gasteiger partial charge in [0.2, 0.25) is 0 Å². The Bertz CT molecular complexity index is 1660. The quantitative estimate of drug-likeness (QED) is 0.0621. The number of esters is 1. The minimum atomic E-state index is -0.973. The number of benzene rings is 2. The maximum absolute atomic E-state index is 12.6. The predicted octanol–water partition coefficient (Wildman–Crippen LogP) is 10.3. The van der Waals surface area contributed by atoms with Crippen molar-refractivity contribution < 1.29 is 24.2 Å². The van der Waals surface area contributed by atoms with E-state index in [0.717, 1.165) is 71.6 Å². The third-order valence-electron chi connectivity index (χ3n) is 14.0. The Kier molecular flexibility index (Phi) is 11.5. The number of hydrogen-bond acceptors (Lipinski definition) is 6. The molecule has 8 atom stereocenters.